The van der Waals surface area contributed by atoms with Crippen molar-refractivity contribution in [3.63, 3.8) is 0 Å². The third-order valence-corrected chi connectivity index (χ3v) is 4.05. The van der Waals surface area contributed by atoms with Crippen molar-refractivity contribution in [3.05, 3.63) is 58.6 Å². The van der Waals surface area contributed by atoms with Crippen molar-refractivity contribution in [2.24, 2.45) is 0 Å². The zero-order valence-electron chi connectivity index (χ0n) is 13.9. The Morgan fingerprint density at radius 2 is 1.79 bits per heavy atom. The first-order chi connectivity index (χ1) is 11.5. The fourth-order valence-corrected chi connectivity index (χ4v) is 2.57. The highest BCUT2D eigenvalue weighted by Crippen LogP contribution is 2.28. The van der Waals surface area contributed by atoms with Gasteiger partial charge in [-0.2, -0.15) is 0 Å². The van der Waals surface area contributed by atoms with Gasteiger partial charge in [-0.1, -0.05) is 35.4 Å². The molecule has 2 rings (SSSR count). The van der Waals surface area contributed by atoms with Crippen molar-refractivity contribution in [2.45, 2.75) is 19.8 Å². The van der Waals surface area contributed by atoms with Crippen LogP contribution in [-0.4, -0.2) is 25.4 Å². The van der Waals surface area contributed by atoms with E-state index in [0.717, 1.165) is 16.7 Å². The molecular formula is C19H21ClN2O2. The summed E-state index contributed by atoms with van der Waals surface area (Å²) in [5.74, 6) is -0.169. The first kappa shape index (κ1) is 18.0. The zero-order valence-corrected chi connectivity index (χ0v) is 14.6. The highest BCUT2D eigenvalue weighted by atomic mass is 35.5. The number of aryl methyl sites for hydroxylation is 1. The summed E-state index contributed by atoms with van der Waals surface area (Å²) in [6, 6.07) is 13.2. The number of amides is 2. The predicted octanol–water partition coefficient (Wildman–Crippen LogP) is 3.57. The number of carbonyl (C=O) groups excluding carboxylic acids is 2. The van der Waals surface area contributed by atoms with E-state index < -0.39 is 0 Å². The van der Waals surface area contributed by atoms with Crippen LogP contribution in [0.15, 0.2) is 42.5 Å². The lowest BCUT2D eigenvalue weighted by Gasteiger charge is -2.08. The van der Waals surface area contributed by atoms with Crippen LogP contribution in [0, 0.1) is 6.92 Å². The van der Waals surface area contributed by atoms with Gasteiger partial charge < -0.3 is 10.6 Å². The van der Waals surface area contributed by atoms with Gasteiger partial charge >= 0.3 is 0 Å². The third kappa shape index (κ3) is 4.83. The Bertz CT molecular complexity index is 727. The molecule has 0 aliphatic rings. The molecule has 4 nitrogen and oxygen atoms in total. The van der Waals surface area contributed by atoms with Crippen molar-refractivity contribution in [2.75, 3.05) is 13.6 Å². The quantitative estimate of drug-likeness (QED) is 0.787. The molecule has 0 bridgehead atoms. The minimum Gasteiger partial charge on any atom is -0.359 e. The molecule has 2 N–H and O–H groups in total. The molecule has 2 amide bonds. The molecule has 0 fully saturated rings. The van der Waals surface area contributed by atoms with Crippen molar-refractivity contribution in [1.29, 1.82) is 0 Å². The predicted molar refractivity (Wildman–Crippen MR) is 97.3 cm³/mol. The molecule has 0 saturated carbocycles. The maximum atomic E-state index is 12.1. The number of halogens is 1. The van der Waals surface area contributed by atoms with Crippen molar-refractivity contribution >= 4 is 23.4 Å². The van der Waals surface area contributed by atoms with Gasteiger partial charge in [-0.15, -0.1) is 0 Å². The van der Waals surface area contributed by atoms with Crippen LogP contribution < -0.4 is 10.6 Å². The molecule has 0 heterocycles. The average Bonchev–Trinajstić information content (AvgIpc) is 2.60. The van der Waals surface area contributed by atoms with Crippen LogP contribution in [0.2, 0.25) is 5.02 Å². The Balaban J connectivity index is 1.97. The van der Waals surface area contributed by atoms with Gasteiger partial charge in [0.15, 0.2) is 0 Å². The molecule has 2 aromatic rings. The fraction of sp³-hybridized carbons (Fsp3) is 0.263. The van der Waals surface area contributed by atoms with Crippen LogP contribution in [0.25, 0.3) is 11.1 Å². The van der Waals surface area contributed by atoms with Gasteiger partial charge in [-0.05, 0) is 43.2 Å². The minimum absolute atomic E-state index is 0.0244. The SMILES string of the molecule is CNC(=O)CCCNC(=O)c1ccc(-c2cc(C)ccc2Cl)cc1. The first-order valence-corrected chi connectivity index (χ1v) is 8.24. The van der Waals surface area contributed by atoms with Gasteiger partial charge in [0, 0.05) is 36.2 Å². The summed E-state index contributed by atoms with van der Waals surface area (Å²) in [5, 5.41) is 6.05. The lowest BCUT2D eigenvalue weighted by molar-refractivity contribution is -0.120. The molecule has 0 atom stereocenters. The first-order valence-electron chi connectivity index (χ1n) is 7.86. The molecule has 0 unspecified atom stereocenters. The summed E-state index contributed by atoms with van der Waals surface area (Å²) in [6.45, 7) is 2.48. The normalized spacial score (nSPS) is 10.3. The highest BCUT2D eigenvalue weighted by Gasteiger charge is 2.08. The highest BCUT2D eigenvalue weighted by molar-refractivity contribution is 6.33. The molecule has 126 valence electrons. The average molecular weight is 345 g/mol. The second-order valence-electron chi connectivity index (χ2n) is 5.59. The monoisotopic (exact) mass is 344 g/mol. The second-order valence-corrected chi connectivity index (χ2v) is 6.00. The van der Waals surface area contributed by atoms with E-state index in [9.17, 15) is 9.59 Å². The summed E-state index contributed by atoms with van der Waals surface area (Å²) in [5.41, 5.74) is 3.64. The smallest absolute Gasteiger partial charge is 0.251 e. The molecule has 2 aromatic carbocycles. The molecule has 0 radical (unpaired) electrons. The van der Waals surface area contributed by atoms with E-state index in [4.69, 9.17) is 11.6 Å². The summed E-state index contributed by atoms with van der Waals surface area (Å²) in [7, 11) is 1.60. The van der Waals surface area contributed by atoms with E-state index >= 15 is 0 Å². The van der Waals surface area contributed by atoms with Gasteiger partial charge in [0.1, 0.15) is 0 Å². The molecule has 5 heteroatoms. The topological polar surface area (TPSA) is 58.2 Å². The zero-order chi connectivity index (χ0) is 17.5. The number of carbonyl (C=O) groups is 2. The van der Waals surface area contributed by atoms with Crippen LogP contribution in [0.3, 0.4) is 0 Å². The molecule has 0 aromatic heterocycles. The van der Waals surface area contributed by atoms with E-state index in [2.05, 4.69) is 10.6 Å². The van der Waals surface area contributed by atoms with E-state index in [1.54, 1.807) is 19.2 Å². The fourth-order valence-electron chi connectivity index (χ4n) is 2.34. The van der Waals surface area contributed by atoms with Crippen molar-refractivity contribution < 1.29 is 9.59 Å². The van der Waals surface area contributed by atoms with E-state index in [0.29, 0.717) is 30.0 Å². The molecule has 0 aliphatic carbocycles. The van der Waals surface area contributed by atoms with Gasteiger partial charge in [0.2, 0.25) is 5.91 Å². The summed E-state index contributed by atoms with van der Waals surface area (Å²) in [4.78, 5) is 23.2. The van der Waals surface area contributed by atoms with Crippen LogP contribution in [0.5, 0.6) is 0 Å². The van der Waals surface area contributed by atoms with E-state index in [1.807, 2.05) is 37.3 Å². The number of rotatable bonds is 6. The molecule has 0 aliphatic heterocycles. The van der Waals surface area contributed by atoms with E-state index in [-0.39, 0.29) is 11.8 Å². The van der Waals surface area contributed by atoms with Crippen LogP contribution >= 0.6 is 11.6 Å². The summed E-state index contributed by atoms with van der Waals surface area (Å²) in [6.07, 6.45) is 1.02. The van der Waals surface area contributed by atoms with Gasteiger partial charge in [0.25, 0.3) is 5.91 Å². The minimum atomic E-state index is -0.145. The maximum Gasteiger partial charge on any atom is 0.251 e. The van der Waals surface area contributed by atoms with Crippen LogP contribution in [0.4, 0.5) is 0 Å². The Morgan fingerprint density at radius 1 is 1.08 bits per heavy atom. The molecular weight excluding hydrogens is 324 g/mol. The molecule has 0 spiro atoms. The number of hydrogen-bond acceptors (Lipinski definition) is 2. The maximum absolute atomic E-state index is 12.1. The number of nitrogens with one attached hydrogen (secondary N) is 2. The summed E-state index contributed by atoms with van der Waals surface area (Å²) >= 11 is 6.24. The van der Waals surface area contributed by atoms with E-state index in [1.165, 1.54) is 0 Å². The van der Waals surface area contributed by atoms with Crippen LogP contribution in [-0.2, 0) is 4.79 Å². The lowest BCUT2D eigenvalue weighted by atomic mass is 10.0. The molecule has 24 heavy (non-hydrogen) atoms. The van der Waals surface area contributed by atoms with Crippen molar-refractivity contribution in [1.82, 2.24) is 10.6 Å². The van der Waals surface area contributed by atoms with Crippen LogP contribution in [0.1, 0.15) is 28.8 Å². The largest absolute Gasteiger partial charge is 0.359 e. The van der Waals surface area contributed by atoms with Crippen molar-refractivity contribution in [3.8, 4) is 11.1 Å². The van der Waals surface area contributed by atoms with Gasteiger partial charge in [-0.3, -0.25) is 9.59 Å². The number of benzene rings is 2. The Hall–Kier alpha value is -2.33. The van der Waals surface area contributed by atoms with Gasteiger partial charge in [-0.25, -0.2) is 0 Å². The molecule has 0 saturated heterocycles. The number of hydrogen-bond donors (Lipinski definition) is 2. The Kier molecular flexibility index (Phi) is 6.38. The standard InChI is InChI=1S/C19H21ClN2O2/c1-13-5-10-17(20)16(12-13)14-6-8-15(9-7-14)19(24)22-11-3-4-18(23)21-2/h5-10,12H,3-4,11H2,1-2H3,(H,21,23)(H,22,24). The Labute approximate surface area is 147 Å². The third-order valence-electron chi connectivity index (χ3n) is 3.72. The lowest BCUT2D eigenvalue weighted by Crippen LogP contribution is -2.26. The Morgan fingerprint density at radius 3 is 2.46 bits per heavy atom. The second kappa shape index (κ2) is 8.50. The summed E-state index contributed by atoms with van der Waals surface area (Å²) < 4.78 is 0. The van der Waals surface area contributed by atoms with Gasteiger partial charge in [0.05, 0.1) is 0 Å².